The zero-order valence-corrected chi connectivity index (χ0v) is 54.6. The molecule has 0 fully saturated rings. The molecule has 7 rings (SSSR count). The number of benzene rings is 4. The van der Waals surface area contributed by atoms with Gasteiger partial charge in [0.15, 0.2) is 0 Å². The van der Waals surface area contributed by atoms with Crippen molar-refractivity contribution in [2.75, 3.05) is 74.0 Å². The van der Waals surface area contributed by atoms with E-state index in [4.69, 9.17) is 87.1 Å². The van der Waals surface area contributed by atoms with Gasteiger partial charge in [0.1, 0.15) is 23.0 Å². The first kappa shape index (κ1) is 80.2. The number of carbonyl (C=O) groups is 7. The Balaban J connectivity index is -0.000000474. The first-order valence-corrected chi connectivity index (χ1v) is 23.0. The Bertz CT molecular complexity index is 2950. The van der Waals surface area contributed by atoms with Crippen molar-refractivity contribution in [3.05, 3.63) is 95.1 Å². The predicted octanol–water partition coefficient (Wildman–Crippen LogP) is -4.27. The van der Waals surface area contributed by atoms with Crippen molar-refractivity contribution in [3.8, 4) is 47.3 Å². The third-order valence-electron chi connectivity index (χ3n) is 9.57. The molecule has 0 aromatic heterocycles. The standard InChI is InChI=1S/C14H14N2O5.C13H12N2O5.C12H12N2O3.C7H6N2O.C3H5ClO2.CH2O3.2K.Na.H2O.H/c1-3-20-14(18)16-8-12(13(17)19-2)21-11-5-4-9(7-15)6-10(11)16;1-2-19-13(18)15-7-11(12(16)17)20-10-4-3-8(6-14)5-9(10)15;1-2-16-12(15)11-7-14-9-5-8(6-13)3-4-10(9)17-11;8-4-5-1-2-7(10)6(9)3-5;1-2-6-3(4)5;2-1-4-3;;;;;/h4-6,12H,3,8H2,1-2H3;3-5,11H,2,7H2,1H3,(H,16,17);3-5,11,14H,2,7H2,1H3;1-3,10H,9H2;2H2,1H3;1,3H;;;;1H2;/q;;;;;;3*+1;;-1/p-2. The van der Waals surface area contributed by atoms with Crippen LogP contribution in [-0.2, 0) is 47.8 Å². The van der Waals surface area contributed by atoms with Gasteiger partial charge in [0, 0.05) is 11.6 Å². The zero-order chi connectivity index (χ0) is 58.3. The molecule has 28 nitrogen and oxygen atoms in total. The number of aromatic hydroxyl groups is 1. The fraction of sp³-hybridized carbons (Fsp3) is 0.300. The van der Waals surface area contributed by atoms with Crippen LogP contribution in [0.4, 0.5) is 37.1 Å². The topological polar surface area (TPSA) is 436 Å². The first-order valence-electron chi connectivity index (χ1n) is 22.6. The molecule has 2 amide bonds. The third kappa shape index (κ3) is 26.5. The number of methoxy groups -OCH3 is 1. The normalized spacial score (nSPS) is 13.6. The average molecular weight is 1220 g/mol. The van der Waals surface area contributed by atoms with Crippen LogP contribution < -0.4 is 173 Å². The summed E-state index contributed by atoms with van der Waals surface area (Å²) in [5.74, 6) is -1.00. The SMILES string of the molecule is CCOC(=O)C1CNc2cc(C#N)ccc2O1.CCOC(=O)Cl.CCOC(=O)N1CC(C(=O)O)Oc2ccc(C#N)cc21.CCOC(=O)N1CC(C(=O)OC)Oc2ccc(C#N)cc21.N#Cc1ccc(O)c(N)c1.O=CO[O-].[H-].[K+].[K+].[Na+].[OH-]. The Hall–Kier alpha value is -5.99. The number of nitrogens with two attached hydrogens (primary N) is 1. The number of nitriles is 4. The summed E-state index contributed by atoms with van der Waals surface area (Å²) in [4.78, 5) is 81.4. The van der Waals surface area contributed by atoms with Crippen LogP contribution >= 0.6 is 11.6 Å². The Morgan fingerprint density at radius 2 is 1.10 bits per heavy atom. The summed E-state index contributed by atoms with van der Waals surface area (Å²) < 4.78 is 39.9. The molecule has 4 aromatic rings. The summed E-state index contributed by atoms with van der Waals surface area (Å²) in [6.07, 6.45) is -4.00. The number of nitrogens with zero attached hydrogens (tertiary/aromatic N) is 6. The first-order chi connectivity index (χ1) is 37.3. The van der Waals surface area contributed by atoms with Crippen molar-refractivity contribution in [1.29, 1.82) is 21.0 Å². The number of halogens is 1. The van der Waals surface area contributed by atoms with Gasteiger partial charge < -0.3 is 76.2 Å². The van der Waals surface area contributed by atoms with Crippen LogP contribution in [-0.4, -0.2) is 129 Å². The molecule has 3 unspecified atom stereocenters. The minimum atomic E-state index is -1.17. The van der Waals surface area contributed by atoms with Crippen LogP contribution in [0.5, 0.6) is 23.0 Å². The number of aliphatic carboxylic acids is 1. The Morgan fingerprint density at radius 1 is 0.695 bits per heavy atom. The maximum atomic E-state index is 12.0. The molecule has 0 bridgehead atoms. The van der Waals surface area contributed by atoms with Gasteiger partial charge in [-0.1, -0.05) is 0 Å². The van der Waals surface area contributed by atoms with Gasteiger partial charge in [0.25, 0.3) is 6.47 Å². The van der Waals surface area contributed by atoms with E-state index < -0.39 is 47.9 Å². The molecular weight excluding hydrogens is 1170 g/mol. The number of hydrogen-bond donors (Lipinski definition) is 4. The fourth-order valence-electron chi connectivity index (χ4n) is 6.18. The summed E-state index contributed by atoms with van der Waals surface area (Å²) >= 11 is 4.72. The number of ether oxygens (including phenoxy) is 8. The van der Waals surface area contributed by atoms with E-state index in [9.17, 15) is 28.8 Å². The van der Waals surface area contributed by atoms with Crippen LogP contribution in [0.25, 0.3) is 0 Å². The van der Waals surface area contributed by atoms with Gasteiger partial charge in [-0.2, -0.15) is 21.0 Å². The molecule has 0 saturated carbocycles. The molecule has 32 heteroatoms. The van der Waals surface area contributed by atoms with E-state index in [0.717, 1.165) is 5.69 Å². The summed E-state index contributed by atoms with van der Waals surface area (Å²) in [5.41, 5.74) is 7.97. The Kier molecular flexibility index (Phi) is 42.7. The molecule has 3 aliphatic rings. The quantitative estimate of drug-likeness (QED) is 0.0149. The van der Waals surface area contributed by atoms with E-state index in [1.807, 2.05) is 24.3 Å². The number of nitrogens with one attached hydrogen (secondary N) is 1. The number of fused-ring (bicyclic) bond motifs is 3. The van der Waals surface area contributed by atoms with Gasteiger partial charge in [-0.05, 0) is 100 Å². The summed E-state index contributed by atoms with van der Waals surface area (Å²) in [6.45, 7) is 7.79. The maximum Gasteiger partial charge on any atom is 1.00 e. The van der Waals surface area contributed by atoms with Gasteiger partial charge >= 0.3 is 168 Å². The largest absolute Gasteiger partial charge is 1.00 e. The van der Waals surface area contributed by atoms with E-state index in [1.54, 1.807) is 52.0 Å². The molecule has 422 valence electrons. The number of carboxylic acid groups (broad SMARTS) is 1. The summed E-state index contributed by atoms with van der Waals surface area (Å²) in [5, 5.41) is 64.4. The number of nitrogen functional groups attached to an aromatic ring is 1. The Morgan fingerprint density at radius 3 is 1.49 bits per heavy atom. The summed E-state index contributed by atoms with van der Waals surface area (Å²) in [7, 11) is 1.24. The van der Waals surface area contributed by atoms with E-state index in [-0.39, 0.29) is 195 Å². The number of esters is 2. The van der Waals surface area contributed by atoms with Crippen molar-refractivity contribution in [3.63, 3.8) is 0 Å². The van der Waals surface area contributed by atoms with Crippen molar-refractivity contribution in [1.82, 2.24) is 0 Å². The Labute approximate surface area is 583 Å². The fourth-order valence-corrected chi connectivity index (χ4v) is 6.29. The summed E-state index contributed by atoms with van der Waals surface area (Å²) in [6, 6.07) is 26.2. The zero-order valence-electron chi connectivity index (χ0n) is 46.6. The van der Waals surface area contributed by atoms with E-state index in [1.165, 1.54) is 65.4 Å². The average Bonchev–Trinajstić information content (AvgIpc) is 3.45. The molecule has 3 aliphatic heterocycles. The second-order valence-corrected chi connectivity index (χ2v) is 14.9. The third-order valence-corrected chi connectivity index (χ3v) is 9.68. The molecule has 82 heavy (non-hydrogen) atoms. The van der Waals surface area contributed by atoms with Crippen molar-refractivity contribution < 1.29 is 231 Å². The number of carbonyl (C=O) groups excluding carboxylic acids is 6. The molecule has 6 N–H and O–H groups in total. The van der Waals surface area contributed by atoms with Crippen molar-refractivity contribution in [2.45, 2.75) is 46.0 Å². The van der Waals surface area contributed by atoms with Crippen LogP contribution in [0.2, 0.25) is 0 Å². The number of phenols is 1. The van der Waals surface area contributed by atoms with Gasteiger partial charge in [-0.15, -0.1) is 0 Å². The van der Waals surface area contributed by atoms with E-state index in [2.05, 4.69) is 19.7 Å². The number of hydrogen-bond acceptors (Lipinski definition) is 25. The minimum absolute atomic E-state index is 0. The molecule has 4 aromatic carbocycles. The number of amides is 2. The van der Waals surface area contributed by atoms with Crippen LogP contribution in [0, 0.1) is 45.3 Å². The van der Waals surface area contributed by atoms with Gasteiger partial charge in [-0.25, -0.2) is 28.8 Å². The van der Waals surface area contributed by atoms with Gasteiger partial charge in [0.05, 0.1) is 122 Å². The van der Waals surface area contributed by atoms with Gasteiger partial charge in [0.2, 0.25) is 18.3 Å². The number of carboxylic acids is 1. The van der Waals surface area contributed by atoms with Crippen molar-refractivity contribution >= 4 is 76.3 Å². The molecule has 0 radical (unpaired) electrons. The van der Waals surface area contributed by atoms with Crippen molar-refractivity contribution in [2.24, 2.45) is 0 Å². The maximum absolute atomic E-state index is 12.0. The smallest absolute Gasteiger partial charge is 1.00 e. The van der Waals surface area contributed by atoms with Crippen LogP contribution in [0.3, 0.4) is 0 Å². The molecule has 3 heterocycles. The second-order valence-electron chi connectivity index (χ2n) is 14.6. The molecule has 0 spiro atoms. The predicted molar refractivity (Wildman–Crippen MR) is 271 cm³/mol. The molecule has 0 aliphatic carbocycles. The van der Waals surface area contributed by atoms with Crippen LogP contribution in [0.1, 0.15) is 51.4 Å². The van der Waals surface area contributed by atoms with E-state index >= 15 is 0 Å². The van der Waals surface area contributed by atoms with Crippen LogP contribution in [0.15, 0.2) is 72.8 Å². The molecule has 0 saturated heterocycles. The number of rotatable bonds is 8. The molecular formula is C50H52ClK2N8NaO20. The molecule has 3 atom stereocenters. The number of anilines is 4. The second kappa shape index (κ2) is 43.7. The monoisotopic (exact) mass is 1220 g/mol. The number of phenolic OH excluding ortho intramolecular Hbond substituents is 1. The van der Waals surface area contributed by atoms with Gasteiger partial charge in [-0.3, -0.25) is 14.6 Å². The van der Waals surface area contributed by atoms with E-state index in [0.29, 0.717) is 64.9 Å². The minimum Gasteiger partial charge on any atom is -1.00 e.